The quantitative estimate of drug-likeness (QED) is 0.846. The molecule has 0 aromatic carbocycles. The van der Waals surface area contributed by atoms with Crippen molar-refractivity contribution in [3.05, 3.63) is 23.4 Å². The highest BCUT2D eigenvalue weighted by Crippen LogP contribution is 2.17. The Kier molecular flexibility index (Phi) is 5.78. The molecule has 4 heteroatoms. The largest absolute Gasteiger partial charge is 0.392 e. The van der Waals surface area contributed by atoms with E-state index < -0.39 is 0 Å². The van der Waals surface area contributed by atoms with E-state index in [0.29, 0.717) is 6.04 Å². The van der Waals surface area contributed by atoms with E-state index in [9.17, 15) is 0 Å². The second-order valence-corrected chi connectivity index (χ2v) is 5.30. The van der Waals surface area contributed by atoms with Crippen molar-refractivity contribution in [3.63, 3.8) is 0 Å². The van der Waals surface area contributed by atoms with Gasteiger partial charge >= 0.3 is 0 Å². The van der Waals surface area contributed by atoms with E-state index in [-0.39, 0.29) is 6.61 Å². The Labute approximate surface area is 108 Å². The van der Waals surface area contributed by atoms with Crippen LogP contribution in [0.3, 0.4) is 0 Å². The Morgan fingerprint density at radius 1 is 1.47 bits per heavy atom. The fraction of sp³-hybridized carbons (Fsp3) is 0.615. The van der Waals surface area contributed by atoms with Gasteiger partial charge in [-0.2, -0.15) is 11.8 Å². The number of thioether (sulfide) groups is 1. The summed E-state index contributed by atoms with van der Waals surface area (Å²) in [5.41, 5.74) is 1.81. The summed E-state index contributed by atoms with van der Waals surface area (Å²) in [6.45, 7) is 4.22. The van der Waals surface area contributed by atoms with Gasteiger partial charge in [-0.3, -0.25) is 0 Å². The first-order valence-electron chi connectivity index (χ1n) is 5.89. The number of aliphatic hydroxyl groups is 1. The first-order chi connectivity index (χ1) is 8.10. The van der Waals surface area contributed by atoms with Gasteiger partial charge in [-0.15, -0.1) is 0 Å². The molecule has 0 spiro atoms. The average Bonchev–Trinajstić information content (AvgIpc) is 2.34. The summed E-state index contributed by atoms with van der Waals surface area (Å²) in [6, 6.07) is 4.41. The van der Waals surface area contributed by atoms with Crippen LogP contribution in [0.25, 0.3) is 0 Å². The van der Waals surface area contributed by atoms with Crippen molar-refractivity contribution < 1.29 is 5.11 Å². The molecule has 1 atom stereocenters. The predicted molar refractivity (Wildman–Crippen MR) is 75.8 cm³/mol. The lowest BCUT2D eigenvalue weighted by Crippen LogP contribution is -2.30. The molecule has 0 saturated heterocycles. The molecule has 0 saturated carbocycles. The fourth-order valence-corrected chi connectivity index (χ4v) is 2.22. The smallest absolute Gasteiger partial charge is 0.128 e. The zero-order chi connectivity index (χ0) is 12.8. The minimum atomic E-state index is 0.0604. The molecule has 0 radical (unpaired) electrons. The van der Waals surface area contributed by atoms with Crippen molar-refractivity contribution in [1.82, 2.24) is 4.98 Å². The number of rotatable bonds is 6. The molecule has 0 amide bonds. The van der Waals surface area contributed by atoms with Crippen LogP contribution in [0.1, 0.15) is 24.6 Å². The van der Waals surface area contributed by atoms with E-state index in [1.54, 1.807) is 0 Å². The van der Waals surface area contributed by atoms with Gasteiger partial charge in [0.1, 0.15) is 5.82 Å². The summed E-state index contributed by atoms with van der Waals surface area (Å²) in [5.74, 6) is 2.15. The number of aryl methyl sites for hydroxylation is 1. The van der Waals surface area contributed by atoms with Gasteiger partial charge in [0.2, 0.25) is 0 Å². The molecule has 1 unspecified atom stereocenters. The van der Waals surface area contributed by atoms with Crippen LogP contribution >= 0.6 is 11.8 Å². The first kappa shape index (κ1) is 14.3. The Morgan fingerprint density at radius 2 is 2.18 bits per heavy atom. The Bertz CT molecular complexity index is 357. The number of anilines is 1. The predicted octanol–water partition coefficient (Wildman–Crippen LogP) is 2.46. The molecular formula is C13H22N2OS. The normalized spacial score (nSPS) is 12.5. The summed E-state index contributed by atoms with van der Waals surface area (Å²) in [5, 5.41) is 9.12. The molecular weight excluding hydrogens is 232 g/mol. The molecule has 3 nitrogen and oxygen atoms in total. The fourth-order valence-electron chi connectivity index (χ4n) is 1.65. The van der Waals surface area contributed by atoms with Crippen LogP contribution < -0.4 is 4.90 Å². The highest BCUT2D eigenvalue weighted by atomic mass is 32.2. The SMILES string of the molecule is CSCCC(C)N(C)c1ccc(CO)c(C)n1. The molecule has 1 aromatic rings. The molecule has 17 heavy (non-hydrogen) atoms. The van der Waals surface area contributed by atoms with E-state index in [0.717, 1.165) is 23.5 Å². The zero-order valence-electron chi connectivity index (χ0n) is 11.1. The standard InChI is InChI=1S/C13H22N2OS/c1-10(7-8-17-4)15(3)13-6-5-12(9-16)11(2)14-13/h5-6,10,16H,7-9H2,1-4H3. The van der Waals surface area contributed by atoms with Gasteiger partial charge in [0.05, 0.1) is 6.61 Å². The van der Waals surface area contributed by atoms with Crippen LogP contribution in [0.15, 0.2) is 12.1 Å². The van der Waals surface area contributed by atoms with Crippen molar-refractivity contribution in [1.29, 1.82) is 0 Å². The van der Waals surface area contributed by atoms with E-state index >= 15 is 0 Å². The van der Waals surface area contributed by atoms with Crippen molar-refractivity contribution in [2.24, 2.45) is 0 Å². The lowest BCUT2D eigenvalue weighted by molar-refractivity contribution is 0.280. The Morgan fingerprint density at radius 3 is 2.71 bits per heavy atom. The zero-order valence-corrected chi connectivity index (χ0v) is 11.9. The summed E-state index contributed by atoms with van der Waals surface area (Å²) in [4.78, 5) is 6.73. The van der Waals surface area contributed by atoms with Crippen LogP contribution in [0.4, 0.5) is 5.82 Å². The molecule has 1 rings (SSSR count). The summed E-state index contributed by atoms with van der Waals surface area (Å²) >= 11 is 1.87. The van der Waals surface area contributed by atoms with Gasteiger partial charge in [-0.25, -0.2) is 4.98 Å². The van der Waals surface area contributed by atoms with E-state index in [2.05, 4.69) is 30.1 Å². The number of aliphatic hydroxyl groups excluding tert-OH is 1. The lowest BCUT2D eigenvalue weighted by Gasteiger charge is -2.26. The second-order valence-electron chi connectivity index (χ2n) is 4.31. The Hall–Kier alpha value is -0.740. The average molecular weight is 254 g/mol. The topological polar surface area (TPSA) is 36.4 Å². The minimum Gasteiger partial charge on any atom is -0.392 e. The van der Waals surface area contributed by atoms with E-state index in [1.807, 2.05) is 30.8 Å². The third kappa shape index (κ3) is 3.89. The molecule has 0 aliphatic heterocycles. The third-order valence-corrected chi connectivity index (χ3v) is 3.76. The number of hydrogen-bond acceptors (Lipinski definition) is 4. The van der Waals surface area contributed by atoms with Crippen LogP contribution in [0.2, 0.25) is 0 Å². The number of hydrogen-bond donors (Lipinski definition) is 1. The molecule has 0 bridgehead atoms. The highest BCUT2D eigenvalue weighted by molar-refractivity contribution is 7.98. The summed E-state index contributed by atoms with van der Waals surface area (Å²) < 4.78 is 0. The molecule has 0 fully saturated rings. The maximum absolute atomic E-state index is 9.12. The van der Waals surface area contributed by atoms with Crippen LogP contribution in [0.5, 0.6) is 0 Å². The molecule has 96 valence electrons. The number of pyridine rings is 1. The maximum atomic E-state index is 9.12. The van der Waals surface area contributed by atoms with E-state index in [1.165, 1.54) is 5.75 Å². The molecule has 1 N–H and O–H groups in total. The molecule has 0 aliphatic rings. The van der Waals surface area contributed by atoms with Crippen LogP contribution in [-0.4, -0.2) is 35.2 Å². The van der Waals surface area contributed by atoms with E-state index in [4.69, 9.17) is 5.11 Å². The van der Waals surface area contributed by atoms with Gasteiger partial charge in [0.25, 0.3) is 0 Å². The highest BCUT2D eigenvalue weighted by Gasteiger charge is 2.11. The molecule has 0 aliphatic carbocycles. The van der Waals surface area contributed by atoms with Crippen molar-refractivity contribution in [2.75, 3.05) is 24.0 Å². The van der Waals surface area contributed by atoms with Gasteiger partial charge in [-0.05, 0) is 43.9 Å². The van der Waals surface area contributed by atoms with Gasteiger partial charge in [-0.1, -0.05) is 6.07 Å². The number of nitrogens with zero attached hydrogens (tertiary/aromatic N) is 2. The molecule has 1 heterocycles. The van der Waals surface area contributed by atoms with Gasteiger partial charge in [0.15, 0.2) is 0 Å². The van der Waals surface area contributed by atoms with Crippen molar-refractivity contribution in [2.45, 2.75) is 32.9 Å². The van der Waals surface area contributed by atoms with Crippen LogP contribution in [0, 0.1) is 6.92 Å². The summed E-state index contributed by atoms with van der Waals surface area (Å²) in [6.07, 6.45) is 3.28. The molecule has 1 aromatic heterocycles. The van der Waals surface area contributed by atoms with Crippen LogP contribution in [-0.2, 0) is 6.61 Å². The maximum Gasteiger partial charge on any atom is 0.128 e. The number of aromatic nitrogens is 1. The van der Waals surface area contributed by atoms with Gasteiger partial charge in [0, 0.05) is 18.8 Å². The third-order valence-electron chi connectivity index (χ3n) is 3.11. The summed E-state index contributed by atoms with van der Waals surface area (Å²) in [7, 11) is 2.07. The van der Waals surface area contributed by atoms with Gasteiger partial charge < -0.3 is 10.0 Å². The Balaban J connectivity index is 2.74. The first-order valence-corrected chi connectivity index (χ1v) is 7.28. The minimum absolute atomic E-state index is 0.0604. The van der Waals surface area contributed by atoms with Crippen molar-refractivity contribution >= 4 is 17.6 Å². The second kappa shape index (κ2) is 6.87. The monoisotopic (exact) mass is 254 g/mol. The van der Waals surface area contributed by atoms with Crippen molar-refractivity contribution in [3.8, 4) is 0 Å². The lowest BCUT2D eigenvalue weighted by atomic mass is 10.2.